The molecule has 0 atom stereocenters. The lowest BCUT2D eigenvalue weighted by molar-refractivity contribution is -0.138. The smallest absolute Gasteiger partial charge is 0.325 e. The zero-order chi connectivity index (χ0) is 12.1. The summed E-state index contributed by atoms with van der Waals surface area (Å²) in [7, 11) is 1.33. The summed E-state index contributed by atoms with van der Waals surface area (Å²) in [6.45, 7) is 4.06. The van der Waals surface area contributed by atoms with E-state index in [9.17, 15) is 4.79 Å². The van der Waals surface area contributed by atoms with Gasteiger partial charge in [-0.25, -0.2) is 9.97 Å². The minimum Gasteiger partial charge on any atom is -0.468 e. The first-order valence-electron chi connectivity index (χ1n) is 4.88. The fourth-order valence-electron chi connectivity index (χ4n) is 1.06. The Labute approximate surface area is 99.2 Å². The van der Waals surface area contributed by atoms with Crippen LogP contribution < -0.4 is 5.32 Å². The molecule has 1 rings (SSSR count). The van der Waals surface area contributed by atoms with Gasteiger partial charge in [-0.05, 0) is 17.5 Å². The maximum absolute atomic E-state index is 10.9. The molecule has 0 aromatic carbocycles. The number of nitrogens with zero attached hydrogens (tertiary/aromatic N) is 2. The van der Waals surface area contributed by atoms with Gasteiger partial charge in [-0.1, -0.05) is 13.8 Å². The summed E-state index contributed by atoms with van der Waals surface area (Å²) >= 11 is 5.76. The second kappa shape index (κ2) is 5.65. The van der Waals surface area contributed by atoms with E-state index in [2.05, 4.69) is 20.0 Å². The Balaban J connectivity index is 2.76. The van der Waals surface area contributed by atoms with Crippen LogP contribution in [-0.2, 0) is 9.53 Å². The highest BCUT2D eigenvalue weighted by Gasteiger charge is 2.07. The van der Waals surface area contributed by atoms with Crippen LogP contribution in [0.3, 0.4) is 0 Å². The second-order valence-electron chi connectivity index (χ2n) is 3.53. The van der Waals surface area contributed by atoms with Crippen molar-refractivity contribution >= 4 is 23.4 Å². The van der Waals surface area contributed by atoms with Gasteiger partial charge < -0.3 is 10.1 Å². The molecule has 0 spiro atoms. The monoisotopic (exact) mass is 243 g/mol. The molecule has 0 radical (unpaired) electrons. The Morgan fingerprint density at radius 3 is 2.81 bits per heavy atom. The first kappa shape index (κ1) is 12.7. The van der Waals surface area contributed by atoms with Crippen LogP contribution >= 0.6 is 11.6 Å². The lowest BCUT2D eigenvalue weighted by Gasteiger charge is -2.08. The van der Waals surface area contributed by atoms with Crippen molar-refractivity contribution < 1.29 is 9.53 Å². The van der Waals surface area contributed by atoms with Crippen LogP contribution in [0.25, 0.3) is 0 Å². The standard InChI is InChI=1S/C10H14ClN3O2/c1-6(2)7-4-8(14-10(11)13-7)12-5-9(15)16-3/h4,6H,5H2,1-3H3,(H,12,13,14). The van der Waals surface area contributed by atoms with Gasteiger partial charge in [0, 0.05) is 6.07 Å². The third kappa shape index (κ3) is 3.66. The van der Waals surface area contributed by atoms with Crippen molar-refractivity contribution in [3.8, 4) is 0 Å². The van der Waals surface area contributed by atoms with Crippen LogP contribution in [0.1, 0.15) is 25.5 Å². The Hall–Kier alpha value is -1.36. The van der Waals surface area contributed by atoms with E-state index in [4.69, 9.17) is 11.6 Å². The third-order valence-electron chi connectivity index (χ3n) is 1.95. The second-order valence-corrected chi connectivity index (χ2v) is 3.87. The molecule has 6 heteroatoms. The number of ether oxygens (including phenoxy) is 1. The van der Waals surface area contributed by atoms with Crippen molar-refractivity contribution in [3.05, 3.63) is 17.0 Å². The van der Waals surface area contributed by atoms with Gasteiger partial charge in [0.05, 0.1) is 12.8 Å². The highest BCUT2D eigenvalue weighted by atomic mass is 35.5. The highest BCUT2D eigenvalue weighted by Crippen LogP contribution is 2.17. The summed E-state index contributed by atoms with van der Waals surface area (Å²) in [5.74, 6) is 0.411. The van der Waals surface area contributed by atoms with Gasteiger partial charge in [0.25, 0.3) is 0 Å². The summed E-state index contributed by atoms with van der Waals surface area (Å²) in [4.78, 5) is 19.0. The van der Waals surface area contributed by atoms with Gasteiger partial charge in [0.1, 0.15) is 12.4 Å². The van der Waals surface area contributed by atoms with Gasteiger partial charge in [-0.15, -0.1) is 0 Å². The molecule has 0 fully saturated rings. The van der Waals surface area contributed by atoms with Gasteiger partial charge in [0.15, 0.2) is 0 Å². The molecule has 5 nitrogen and oxygen atoms in total. The van der Waals surface area contributed by atoms with Gasteiger partial charge in [-0.2, -0.15) is 0 Å². The van der Waals surface area contributed by atoms with Crippen molar-refractivity contribution in [2.24, 2.45) is 0 Å². The summed E-state index contributed by atoms with van der Waals surface area (Å²) in [5.41, 5.74) is 0.826. The Kier molecular flexibility index (Phi) is 4.49. The number of nitrogens with one attached hydrogen (secondary N) is 1. The topological polar surface area (TPSA) is 64.1 Å². The fourth-order valence-corrected chi connectivity index (χ4v) is 1.25. The predicted molar refractivity (Wildman–Crippen MR) is 61.6 cm³/mol. The largest absolute Gasteiger partial charge is 0.468 e. The van der Waals surface area contributed by atoms with E-state index in [-0.39, 0.29) is 23.7 Å². The van der Waals surface area contributed by atoms with E-state index in [1.54, 1.807) is 6.07 Å². The average Bonchev–Trinajstić information content (AvgIpc) is 2.25. The molecule has 16 heavy (non-hydrogen) atoms. The normalized spacial score (nSPS) is 10.3. The number of anilines is 1. The number of methoxy groups -OCH3 is 1. The van der Waals surface area contributed by atoms with Crippen molar-refractivity contribution in [1.82, 2.24) is 9.97 Å². The minimum atomic E-state index is -0.360. The molecule has 1 aromatic heterocycles. The van der Waals surface area contributed by atoms with Crippen LogP contribution in [0.2, 0.25) is 5.28 Å². The molecule has 88 valence electrons. The number of esters is 1. The number of carbonyl (C=O) groups is 1. The van der Waals surface area contributed by atoms with E-state index in [1.807, 2.05) is 13.8 Å². The molecule has 0 saturated heterocycles. The Morgan fingerprint density at radius 1 is 1.56 bits per heavy atom. The summed E-state index contributed by atoms with van der Waals surface area (Å²) < 4.78 is 4.50. The first-order chi connectivity index (χ1) is 7.52. The van der Waals surface area contributed by atoms with Crippen molar-refractivity contribution in [2.45, 2.75) is 19.8 Å². The van der Waals surface area contributed by atoms with Crippen LogP contribution in [0, 0.1) is 0 Å². The lowest BCUT2D eigenvalue weighted by Crippen LogP contribution is -2.16. The molecule has 1 heterocycles. The molecule has 0 amide bonds. The molecule has 1 aromatic rings. The van der Waals surface area contributed by atoms with Gasteiger partial charge in [-0.3, -0.25) is 4.79 Å². The number of halogens is 1. The van der Waals surface area contributed by atoms with Crippen LogP contribution in [-0.4, -0.2) is 29.6 Å². The van der Waals surface area contributed by atoms with E-state index >= 15 is 0 Å². The highest BCUT2D eigenvalue weighted by molar-refractivity contribution is 6.28. The van der Waals surface area contributed by atoms with Gasteiger partial charge >= 0.3 is 5.97 Å². The van der Waals surface area contributed by atoms with Crippen LogP contribution in [0.5, 0.6) is 0 Å². The van der Waals surface area contributed by atoms with Crippen molar-refractivity contribution in [2.75, 3.05) is 19.0 Å². The average molecular weight is 244 g/mol. The predicted octanol–water partition coefficient (Wildman–Crippen LogP) is 1.84. The van der Waals surface area contributed by atoms with E-state index in [1.165, 1.54) is 7.11 Å². The zero-order valence-corrected chi connectivity index (χ0v) is 10.2. The maximum atomic E-state index is 10.9. The lowest BCUT2D eigenvalue weighted by atomic mass is 10.1. The zero-order valence-electron chi connectivity index (χ0n) is 9.45. The van der Waals surface area contributed by atoms with E-state index < -0.39 is 0 Å². The molecule has 0 unspecified atom stereocenters. The molecule has 0 aliphatic carbocycles. The SMILES string of the molecule is COC(=O)CNc1cc(C(C)C)nc(Cl)n1. The van der Waals surface area contributed by atoms with Crippen molar-refractivity contribution in [1.29, 1.82) is 0 Å². The summed E-state index contributed by atoms with van der Waals surface area (Å²) in [5, 5.41) is 2.99. The Morgan fingerprint density at radius 2 is 2.25 bits per heavy atom. The molecule has 0 aliphatic rings. The number of hydrogen-bond acceptors (Lipinski definition) is 5. The maximum Gasteiger partial charge on any atom is 0.325 e. The molecule has 1 N–H and O–H groups in total. The number of rotatable bonds is 4. The number of hydrogen-bond donors (Lipinski definition) is 1. The molecular formula is C10H14ClN3O2. The quantitative estimate of drug-likeness (QED) is 0.646. The van der Waals surface area contributed by atoms with Crippen LogP contribution in [0.15, 0.2) is 6.07 Å². The van der Waals surface area contributed by atoms with E-state index in [0.29, 0.717) is 5.82 Å². The van der Waals surface area contributed by atoms with Gasteiger partial charge in [0.2, 0.25) is 5.28 Å². The third-order valence-corrected chi connectivity index (χ3v) is 2.12. The minimum absolute atomic E-state index is 0.0569. The fraction of sp³-hybridized carbons (Fsp3) is 0.500. The summed E-state index contributed by atoms with van der Waals surface area (Å²) in [6, 6.07) is 1.76. The molecule has 0 aliphatic heterocycles. The Bertz CT molecular complexity index is 382. The molecule has 0 saturated carbocycles. The van der Waals surface area contributed by atoms with E-state index in [0.717, 1.165) is 5.69 Å². The first-order valence-corrected chi connectivity index (χ1v) is 5.26. The van der Waals surface area contributed by atoms with Crippen LogP contribution in [0.4, 0.5) is 5.82 Å². The molecular weight excluding hydrogens is 230 g/mol. The molecule has 0 bridgehead atoms. The van der Waals surface area contributed by atoms with Crippen molar-refractivity contribution in [3.63, 3.8) is 0 Å². The summed E-state index contributed by atoms with van der Waals surface area (Å²) in [6.07, 6.45) is 0. The number of aromatic nitrogens is 2. The number of carbonyl (C=O) groups excluding carboxylic acids is 1.